The summed E-state index contributed by atoms with van der Waals surface area (Å²) in [6, 6.07) is 3.36. The predicted octanol–water partition coefficient (Wildman–Crippen LogP) is 1.22. The second-order valence-corrected chi connectivity index (χ2v) is 6.56. The normalized spacial score (nSPS) is 11.0. The molecule has 21 heavy (non-hydrogen) atoms. The molecule has 0 aliphatic heterocycles. The summed E-state index contributed by atoms with van der Waals surface area (Å²) in [5, 5.41) is 11.3. The van der Waals surface area contributed by atoms with E-state index in [9.17, 15) is 18.0 Å². The van der Waals surface area contributed by atoms with Crippen molar-refractivity contribution in [1.29, 1.82) is 0 Å². The van der Waals surface area contributed by atoms with Crippen molar-refractivity contribution in [1.82, 2.24) is 5.32 Å². The number of rotatable bonds is 7. The Morgan fingerprint density at radius 1 is 1.38 bits per heavy atom. The highest BCUT2D eigenvalue weighted by atomic mass is 35.7. The zero-order chi connectivity index (χ0) is 16.0. The summed E-state index contributed by atoms with van der Waals surface area (Å²) in [6.45, 7) is 0.0965. The van der Waals surface area contributed by atoms with E-state index in [1.165, 1.54) is 19.2 Å². The minimum absolute atomic E-state index is 0.0492. The molecule has 116 valence electrons. The first kappa shape index (κ1) is 17.3. The van der Waals surface area contributed by atoms with Gasteiger partial charge in [0.2, 0.25) is 5.91 Å². The van der Waals surface area contributed by atoms with Crippen molar-refractivity contribution in [2.24, 2.45) is 0 Å². The van der Waals surface area contributed by atoms with E-state index >= 15 is 0 Å². The molecule has 1 aromatic rings. The van der Waals surface area contributed by atoms with Crippen molar-refractivity contribution in [3.63, 3.8) is 0 Å². The number of aromatic carboxylic acids is 1. The number of nitrogens with one attached hydrogen (secondary N) is 1. The van der Waals surface area contributed by atoms with Gasteiger partial charge >= 0.3 is 5.97 Å². The van der Waals surface area contributed by atoms with E-state index in [1.807, 2.05) is 0 Å². The zero-order valence-electron chi connectivity index (χ0n) is 11.1. The maximum Gasteiger partial charge on any atom is 0.335 e. The van der Waals surface area contributed by atoms with E-state index in [4.69, 9.17) is 20.5 Å². The summed E-state index contributed by atoms with van der Waals surface area (Å²) in [6.07, 6.45) is 0.606. The van der Waals surface area contributed by atoms with Gasteiger partial charge in [-0.1, -0.05) is 0 Å². The molecule has 0 saturated heterocycles. The highest BCUT2D eigenvalue weighted by Gasteiger charge is 2.19. The average molecular weight is 336 g/mol. The second kappa shape index (κ2) is 7.28. The van der Waals surface area contributed by atoms with Crippen LogP contribution in [0, 0.1) is 0 Å². The van der Waals surface area contributed by atoms with Crippen LogP contribution in [0.3, 0.4) is 0 Å². The fourth-order valence-electron chi connectivity index (χ4n) is 1.49. The Labute approximate surface area is 126 Å². The molecular weight excluding hydrogens is 322 g/mol. The second-order valence-electron chi connectivity index (χ2n) is 4.03. The maximum absolute atomic E-state index is 11.4. The highest BCUT2D eigenvalue weighted by molar-refractivity contribution is 8.13. The minimum Gasteiger partial charge on any atom is -0.492 e. The standard InChI is InChI=1S/C12H14ClNO6S/c1-14-11(15)3-2-6-20-9-5-4-8(12(16)17)7-10(9)21(13,18)19/h4-5,7H,2-3,6H2,1H3,(H,14,15)(H,16,17). The number of carboxylic acids is 1. The van der Waals surface area contributed by atoms with Crippen molar-refractivity contribution >= 4 is 31.6 Å². The van der Waals surface area contributed by atoms with Crippen LogP contribution >= 0.6 is 10.7 Å². The van der Waals surface area contributed by atoms with Gasteiger partial charge in [-0.2, -0.15) is 0 Å². The van der Waals surface area contributed by atoms with Crippen LogP contribution in [0.4, 0.5) is 0 Å². The molecule has 2 N–H and O–H groups in total. The number of hydrogen-bond donors (Lipinski definition) is 2. The third-order valence-corrected chi connectivity index (χ3v) is 3.88. The van der Waals surface area contributed by atoms with E-state index in [2.05, 4.69) is 5.32 Å². The average Bonchev–Trinajstić information content (AvgIpc) is 2.42. The fourth-order valence-corrected chi connectivity index (χ4v) is 2.49. The van der Waals surface area contributed by atoms with Crippen molar-refractivity contribution in [3.05, 3.63) is 23.8 Å². The van der Waals surface area contributed by atoms with Crippen molar-refractivity contribution in [3.8, 4) is 5.75 Å². The molecule has 0 aromatic heterocycles. The first-order chi connectivity index (χ1) is 9.75. The molecule has 0 saturated carbocycles. The Morgan fingerprint density at radius 2 is 2.05 bits per heavy atom. The van der Waals surface area contributed by atoms with Crippen molar-refractivity contribution in [2.45, 2.75) is 17.7 Å². The van der Waals surface area contributed by atoms with Gasteiger partial charge in [0.1, 0.15) is 10.6 Å². The monoisotopic (exact) mass is 335 g/mol. The van der Waals surface area contributed by atoms with Gasteiger partial charge in [-0.3, -0.25) is 4.79 Å². The molecule has 0 spiro atoms. The quantitative estimate of drug-likeness (QED) is 0.572. The number of carbonyl (C=O) groups is 2. The number of ether oxygens (including phenoxy) is 1. The minimum atomic E-state index is -4.14. The van der Waals surface area contributed by atoms with Crippen LogP contribution in [-0.2, 0) is 13.8 Å². The lowest BCUT2D eigenvalue weighted by Gasteiger charge is -2.10. The Kier molecular flexibility index (Phi) is 5.98. The predicted molar refractivity (Wildman–Crippen MR) is 75.2 cm³/mol. The first-order valence-corrected chi connectivity index (χ1v) is 8.22. The third-order valence-electron chi connectivity index (χ3n) is 2.54. The molecule has 0 aliphatic carbocycles. The zero-order valence-corrected chi connectivity index (χ0v) is 12.7. The van der Waals surface area contributed by atoms with E-state index < -0.39 is 19.9 Å². The van der Waals surface area contributed by atoms with Crippen molar-refractivity contribution in [2.75, 3.05) is 13.7 Å². The Bertz CT molecular complexity index is 643. The van der Waals surface area contributed by atoms with Crippen LogP contribution in [0.25, 0.3) is 0 Å². The number of carboxylic acid groups (broad SMARTS) is 1. The smallest absolute Gasteiger partial charge is 0.335 e. The molecule has 0 unspecified atom stereocenters. The fraction of sp³-hybridized carbons (Fsp3) is 0.333. The summed E-state index contributed by atoms with van der Waals surface area (Å²) in [7, 11) is 2.62. The van der Waals surface area contributed by atoms with Crippen LogP contribution < -0.4 is 10.1 Å². The lowest BCUT2D eigenvalue weighted by Crippen LogP contribution is -2.18. The van der Waals surface area contributed by atoms with Crippen LogP contribution in [0.5, 0.6) is 5.75 Å². The molecule has 0 bridgehead atoms. The molecule has 0 radical (unpaired) electrons. The molecule has 0 aliphatic rings. The molecular formula is C12H14ClNO6S. The highest BCUT2D eigenvalue weighted by Crippen LogP contribution is 2.28. The van der Waals surface area contributed by atoms with Gasteiger partial charge in [-0.25, -0.2) is 13.2 Å². The van der Waals surface area contributed by atoms with Crippen LogP contribution in [0.2, 0.25) is 0 Å². The SMILES string of the molecule is CNC(=O)CCCOc1ccc(C(=O)O)cc1S(=O)(=O)Cl. The lowest BCUT2D eigenvalue weighted by atomic mass is 10.2. The van der Waals surface area contributed by atoms with Crippen LogP contribution in [0.15, 0.2) is 23.1 Å². The van der Waals surface area contributed by atoms with E-state index in [0.29, 0.717) is 6.42 Å². The van der Waals surface area contributed by atoms with Gasteiger partial charge in [0.15, 0.2) is 0 Å². The van der Waals surface area contributed by atoms with Crippen molar-refractivity contribution < 1.29 is 27.9 Å². The molecule has 9 heteroatoms. The molecule has 0 fully saturated rings. The molecule has 1 rings (SSSR count). The molecule has 7 nitrogen and oxygen atoms in total. The number of carbonyl (C=O) groups excluding carboxylic acids is 1. The van der Waals surface area contributed by atoms with Gasteiger partial charge in [-0.15, -0.1) is 0 Å². The number of hydrogen-bond acceptors (Lipinski definition) is 5. The number of amides is 1. The summed E-state index contributed by atoms with van der Waals surface area (Å²) >= 11 is 0. The largest absolute Gasteiger partial charge is 0.492 e. The van der Waals surface area contributed by atoms with Gasteiger partial charge in [0.25, 0.3) is 9.05 Å². The molecule has 0 heterocycles. The molecule has 1 aromatic carbocycles. The Balaban J connectivity index is 2.87. The van der Waals surface area contributed by atoms with Gasteiger partial charge in [-0.05, 0) is 24.6 Å². The topological polar surface area (TPSA) is 110 Å². The first-order valence-electron chi connectivity index (χ1n) is 5.91. The van der Waals surface area contributed by atoms with E-state index in [0.717, 1.165) is 6.07 Å². The summed E-state index contributed by atoms with van der Waals surface area (Å²) < 4.78 is 28.1. The molecule has 0 atom stereocenters. The van der Waals surface area contributed by atoms with E-state index in [1.54, 1.807) is 0 Å². The van der Waals surface area contributed by atoms with Gasteiger partial charge in [0.05, 0.1) is 12.2 Å². The Hall–Kier alpha value is -1.80. The Morgan fingerprint density at radius 3 is 2.57 bits per heavy atom. The summed E-state index contributed by atoms with van der Waals surface area (Å²) in [4.78, 5) is 21.4. The van der Waals surface area contributed by atoms with Crippen LogP contribution in [0.1, 0.15) is 23.2 Å². The number of halogens is 1. The molecule has 1 amide bonds. The van der Waals surface area contributed by atoms with E-state index in [-0.39, 0.29) is 30.2 Å². The van der Waals surface area contributed by atoms with Gasteiger partial charge < -0.3 is 15.2 Å². The third kappa shape index (κ3) is 5.24. The maximum atomic E-state index is 11.4. The lowest BCUT2D eigenvalue weighted by molar-refractivity contribution is -0.120. The van der Waals surface area contributed by atoms with Crippen LogP contribution in [-0.4, -0.2) is 39.1 Å². The van der Waals surface area contributed by atoms with Gasteiger partial charge in [0, 0.05) is 24.2 Å². The number of benzene rings is 1. The summed E-state index contributed by atoms with van der Waals surface area (Å²) in [5.74, 6) is -1.49. The summed E-state index contributed by atoms with van der Waals surface area (Å²) in [5.41, 5.74) is -0.216.